The molecule has 3 heteroatoms. The second kappa shape index (κ2) is 4.45. The molecule has 1 atom stereocenters. The minimum Gasteiger partial charge on any atom is -0.464 e. The Balaban J connectivity index is 2.16. The second-order valence-electron chi connectivity index (χ2n) is 3.30. The highest BCUT2D eigenvalue weighted by atomic mass is 16.5. The van der Waals surface area contributed by atoms with Crippen molar-refractivity contribution >= 4 is 5.97 Å². The predicted molar refractivity (Wildman–Crippen MR) is 44.6 cm³/mol. The van der Waals surface area contributed by atoms with Gasteiger partial charge in [0.2, 0.25) is 0 Å². The molecule has 1 aliphatic carbocycles. The summed E-state index contributed by atoms with van der Waals surface area (Å²) in [5.41, 5.74) is 0. The summed E-state index contributed by atoms with van der Waals surface area (Å²) < 4.78 is 4.68. The first kappa shape index (κ1) is 9.52. The van der Waals surface area contributed by atoms with E-state index in [-0.39, 0.29) is 0 Å². The van der Waals surface area contributed by atoms with Crippen molar-refractivity contribution in [2.45, 2.75) is 38.7 Å². The maximum Gasteiger partial charge on any atom is 0.334 e. The number of hydrogen-bond acceptors (Lipinski definition) is 3. The van der Waals surface area contributed by atoms with Crippen LogP contribution in [0.5, 0.6) is 0 Å². The molecular formula is C9H16O3. The molecule has 3 nitrogen and oxygen atoms in total. The van der Waals surface area contributed by atoms with Crippen molar-refractivity contribution in [2.24, 2.45) is 5.92 Å². The smallest absolute Gasteiger partial charge is 0.334 e. The van der Waals surface area contributed by atoms with E-state index in [1.165, 1.54) is 6.42 Å². The fraction of sp³-hybridized carbons (Fsp3) is 0.889. The third-order valence-corrected chi connectivity index (χ3v) is 2.34. The zero-order valence-corrected chi connectivity index (χ0v) is 7.45. The predicted octanol–water partition coefficient (Wildman–Crippen LogP) is 1.10. The van der Waals surface area contributed by atoms with E-state index >= 15 is 0 Å². The van der Waals surface area contributed by atoms with E-state index in [1.807, 2.05) is 0 Å². The molecule has 70 valence electrons. The van der Waals surface area contributed by atoms with Crippen LogP contribution in [-0.2, 0) is 9.53 Å². The Morgan fingerprint density at radius 3 is 2.75 bits per heavy atom. The molecule has 1 aliphatic rings. The monoisotopic (exact) mass is 172 g/mol. The van der Waals surface area contributed by atoms with Gasteiger partial charge < -0.3 is 9.84 Å². The number of esters is 1. The Kier molecular flexibility index (Phi) is 3.53. The Morgan fingerprint density at radius 2 is 2.33 bits per heavy atom. The number of carbonyl (C=O) groups is 1. The molecule has 12 heavy (non-hydrogen) atoms. The van der Waals surface area contributed by atoms with Crippen LogP contribution in [0.2, 0.25) is 0 Å². The number of aliphatic hydroxyl groups is 1. The van der Waals surface area contributed by atoms with Crippen LogP contribution in [0.3, 0.4) is 0 Å². The summed E-state index contributed by atoms with van der Waals surface area (Å²) in [6, 6.07) is 0. The van der Waals surface area contributed by atoms with E-state index in [9.17, 15) is 9.90 Å². The van der Waals surface area contributed by atoms with Crippen LogP contribution in [-0.4, -0.2) is 23.8 Å². The molecule has 1 rings (SSSR count). The highest BCUT2D eigenvalue weighted by Gasteiger charge is 2.25. The van der Waals surface area contributed by atoms with Crippen LogP contribution in [0.4, 0.5) is 0 Å². The Labute approximate surface area is 72.7 Å². The molecule has 0 aliphatic heterocycles. The quantitative estimate of drug-likeness (QED) is 0.646. The largest absolute Gasteiger partial charge is 0.464 e. The van der Waals surface area contributed by atoms with Crippen molar-refractivity contribution in [3.05, 3.63) is 0 Å². The lowest BCUT2D eigenvalue weighted by molar-refractivity contribution is -0.154. The van der Waals surface area contributed by atoms with Crippen molar-refractivity contribution in [1.82, 2.24) is 0 Å². The van der Waals surface area contributed by atoms with Crippen LogP contribution >= 0.6 is 0 Å². The highest BCUT2D eigenvalue weighted by molar-refractivity contribution is 5.74. The second-order valence-corrected chi connectivity index (χ2v) is 3.30. The van der Waals surface area contributed by atoms with E-state index in [0.29, 0.717) is 18.9 Å². The van der Waals surface area contributed by atoms with Gasteiger partial charge in [-0.3, -0.25) is 0 Å². The van der Waals surface area contributed by atoms with Gasteiger partial charge in [0, 0.05) is 0 Å². The van der Waals surface area contributed by atoms with Crippen molar-refractivity contribution in [3.63, 3.8) is 0 Å². The summed E-state index contributed by atoms with van der Waals surface area (Å²) in [4.78, 5) is 10.9. The highest BCUT2D eigenvalue weighted by Crippen LogP contribution is 2.30. The molecule has 1 fully saturated rings. The van der Waals surface area contributed by atoms with Gasteiger partial charge in [-0.1, -0.05) is 19.3 Å². The van der Waals surface area contributed by atoms with Gasteiger partial charge in [-0.15, -0.1) is 0 Å². The molecule has 0 radical (unpaired) electrons. The van der Waals surface area contributed by atoms with Gasteiger partial charge in [-0.25, -0.2) is 4.79 Å². The standard InChI is InChI=1S/C9H16O3/c1-2-12-9(11)8(10)6-7-4-3-5-7/h7-8,10H,2-6H2,1H3. The molecule has 1 N–H and O–H groups in total. The SMILES string of the molecule is CCOC(=O)C(O)CC1CCC1. The van der Waals surface area contributed by atoms with E-state index in [2.05, 4.69) is 4.74 Å². The van der Waals surface area contributed by atoms with Gasteiger partial charge in [0.05, 0.1) is 6.61 Å². The fourth-order valence-electron chi connectivity index (χ4n) is 1.38. The molecule has 1 unspecified atom stereocenters. The van der Waals surface area contributed by atoms with Crippen molar-refractivity contribution in [1.29, 1.82) is 0 Å². The number of carbonyl (C=O) groups excluding carboxylic acids is 1. The lowest BCUT2D eigenvalue weighted by atomic mass is 9.81. The summed E-state index contributed by atoms with van der Waals surface area (Å²) in [7, 11) is 0. The minimum absolute atomic E-state index is 0.348. The van der Waals surface area contributed by atoms with Gasteiger partial charge in [0.1, 0.15) is 0 Å². The van der Waals surface area contributed by atoms with E-state index in [1.54, 1.807) is 6.92 Å². The number of rotatable bonds is 4. The van der Waals surface area contributed by atoms with E-state index in [4.69, 9.17) is 0 Å². The molecule has 0 aromatic rings. The van der Waals surface area contributed by atoms with Crippen LogP contribution in [0.15, 0.2) is 0 Å². The molecular weight excluding hydrogens is 156 g/mol. The molecule has 0 bridgehead atoms. The van der Waals surface area contributed by atoms with Crippen LogP contribution in [0.1, 0.15) is 32.6 Å². The summed E-state index contributed by atoms with van der Waals surface area (Å²) in [5, 5.41) is 9.31. The molecule has 0 aromatic carbocycles. The lowest BCUT2D eigenvalue weighted by Gasteiger charge is -2.26. The Morgan fingerprint density at radius 1 is 1.67 bits per heavy atom. The van der Waals surface area contributed by atoms with Gasteiger partial charge in [0.15, 0.2) is 6.10 Å². The third kappa shape index (κ3) is 2.48. The third-order valence-electron chi connectivity index (χ3n) is 2.34. The van der Waals surface area contributed by atoms with Gasteiger partial charge in [-0.05, 0) is 19.3 Å². The normalized spacial score (nSPS) is 19.8. The average molecular weight is 172 g/mol. The summed E-state index contributed by atoms with van der Waals surface area (Å²) in [6.45, 7) is 2.09. The van der Waals surface area contributed by atoms with Gasteiger partial charge >= 0.3 is 5.97 Å². The zero-order valence-electron chi connectivity index (χ0n) is 7.45. The first-order valence-electron chi connectivity index (χ1n) is 4.58. The van der Waals surface area contributed by atoms with E-state index in [0.717, 1.165) is 12.8 Å². The molecule has 0 amide bonds. The minimum atomic E-state index is -0.893. The van der Waals surface area contributed by atoms with Gasteiger partial charge in [0.25, 0.3) is 0 Å². The first-order chi connectivity index (χ1) is 5.74. The number of ether oxygens (including phenoxy) is 1. The average Bonchev–Trinajstić information content (AvgIpc) is 1.97. The lowest BCUT2D eigenvalue weighted by Crippen LogP contribution is -2.28. The molecule has 0 saturated heterocycles. The number of hydrogen-bond donors (Lipinski definition) is 1. The van der Waals surface area contributed by atoms with Crippen molar-refractivity contribution in [3.8, 4) is 0 Å². The summed E-state index contributed by atoms with van der Waals surface area (Å²) in [6.07, 6.45) is 3.22. The van der Waals surface area contributed by atoms with Crippen molar-refractivity contribution < 1.29 is 14.6 Å². The first-order valence-corrected chi connectivity index (χ1v) is 4.58. The van der Waals surface area contributed by atoms with Crippen LogP contribution in [0, 0.1) is 5.92 Å². The number of aliphatic hydroxyl groups excluding tert-OH is 1. The fourth-order valence-corrected chi connectivity index (χ4v) is 1.38. The van der Waals surface area contributed by atoms with Crippen LogP contribution in [0.25, 0.3) is 0 Å². The Bertz CT molecular complexity index is 152. The molecule has 0 heterocycles. The zero-order chi connectivity index (χ0) is 8.97. The van der Waals surface area contributed by atoms with E-state index < -0.39 is 12.1 Å². The Hall–Kier alpha value is -0.570. The summed E-state index contributed by atoms with van der Waals surface area (Å²) >= 11 is 0. The topological polar surface area (TPSA) is 46.5 Å². The van der Waals surface area contributed by atoms with Crippen LogP contribution < -0.4 is 0 Å². The maximum absolute atomic E-state index is 10.9. The van der Waals surface area contributed by atoms with Gasteiger partial charge in [-0.2, -0.15) is 0 Å². The van der Waals surface area contributed by atoms with Crippen molar-refractivity contribution in [2.75, 3.05) is 6.61 Å². The molecule has 0 spiro atoms. The summed E-state index contributed by atoms with van der Waals surface area (Å²) in [5.74, 6) is 0.0776. The molecule has 1 saturated carbocycles. The maximum atomic E-state index is 10.9. The molecule has 0 aromatic heterocycles.